The summed E-state index contributed by atoms with van der Waals surface area (Å²) in [5.74, 6) is 0.689. The molecule has 3 N–H and O–H groups in total. The molecule has 4 heterocycles. The zero-order chi connectivity index (χ0) is 26.9. The maximum atomic E-state index is 13.5. The average Bonchev–Trinajstić information content (AvgIpc) is 3.57. The number of nitrogens with zero attached hydrogens (tertiary/aromatic N) is 3. The molecular weight excluding hydrogens is 501 g/mol. The van der Waals surface area contributed by atoms with E-state index in [-0.39, 0.29) is 16.9 Å². The number of benzene rings is 1. The average molecular weight is 533 g/mol. The van der Waals surface area contributed by atoms with E-state index in [2.05, 4.69) is 25.5 Å². The second-order valence-electron chi connectivity index (χ2n) is 9.39. The molecule has 2 aliphatic rings. The van der Waals surface area contributed by atoms with Gasteiger partial charge in [0.2, 0.25) is 0 Å². The van der Waals surface area contributed by atoms with Crippen LogP contribution in [0.2, 0.25) is 0 Å². The number of amides is 1. The number of fused-ring (bicyclic) bond motifs is 1. The molecule has 12 heteroatoms. The lowest BCUT2D eigenvalue weighted by molar-refractivity contribution is -0.136. The Hall–Kier alpha value is -3.51. The monoisotopic (exact) mass is 532 g/mol. The number of aromatic nitrogens is 2. The van der Waals surface area contributed by atoms with Crippen LogP contribution in [-0.2, 0) is 10.9 Å². The van der Waals surface area contributed by atoms with Gasteiger partial charge in [0, 0.05) is 62.3 Å². The molecule has 1 atom stereocenters. The first-order chi connectivity index (χ1) is 18.3. The van der Waals surface area contributed by atoms with Crippen molar-refractivity contribution in [1.29, 1.82) is 0 Å². The molecule has 204 valence electrons. The zero-order valence-electron chi connectivity index (χ0n) is 21.3. The van der Waals surface area contributed by atoms with E-state index in [4.69, 9.17) is 9.47 Å². The standard InChI is InChI=1S/C26H31F3N6O3/c1-3-30-20-13-22(33-24-23(20)18(14-31-24)26(27,28)29)32-19-5-4-16(12-21(19)37-2)25(36)35-7-6-17(15-35)34-8-10-38-11-9-34/h4-5,12-14,17H,3,6-11,15H2,1-2H3,(H3,30,31,32,33). The van der Waals surface area contributed by atoms with Gasteiger partial charge < -0.3 is 30.0 Å². The van der Waals surface area contributed by atoms with E-state index >= 15 is 0 Å². The van der Waals surface area contributed by atoms with E-state index in [0.717, 1.165) is 38.9 Å². The summed E-state index contributed by atoms with van der Waals surface area (Å²) in [7, 11) is 1.50. The summed E-state index contributed by atoms with van der Waals surface area (Å²) in [6, 6.07) is 6.98. The minimum atomic E-state index is -4.51. The molecule has 0 aliphatic carbocycles. The second kappa shape index (κ2) is 10.7. The van der Waals surface area contributed by atoms with Crippen LogP contribution in [0.1, 0.15) is 29.3 Å². The molecule has 5 rings (SSSR count). The Labute approximate surface area is 218 Å². The first-order valence-corrected chi connectivity index (χ1v) is 12.7. The summed E-state index contributed by atoms with van der Waals surface area (Å²) < 4.78 is 51.5. The summed E-state index contributed by atoms with van der Waals surface area (Å²) in [5.41, 5.74) is 0.677. The molecule has 0 radical (unpaired) electrons. The predicted octanol–water partition coefficient (Wildman–Crippen LogP) is 4.31. The number of anilines is 3. The first kappa shape index (κ1) is 26.1. The summed E-state index contributed by atoms with van der Waals surface area (Å²) >= 11 is 0. The normalized spacial score (nSPS) is 18.7. The second-order valence-corrected chi connectivity index (χ2v) is 9.39. The van der Waals surface area contributed by atoms with Crippen molar-refractivity contribution in [2.75, 3.05) is 63.7 Å². The van der Waals surface area contributed by atoms with E-state index in [1.807, 2.05) is 11.8 Å². The summed E-state index contributed by atoms with van der Waals surface area (Å²) in [6.07, 6.45) is -2.66. The van der Waals surface area contributed by atoms with Gasteiger partial charge in [-0.1, -0.05) is 0 Å². The van der Waals surface area contributed by atoms with Gasteiger partial charge in [-0.05, 0) is 31.5 Å². The molecule has 1 unspecified atom stereocenters. The van der Waals surface area contributed by atoms with Crippen molar-refractivity contribution in [2.45, 2.75) is 25.6 Å². The number of ether oxygens (including phenoxy) is 2. The van der Waals surface area contributed by atoms with Crippen molar-refractivity contribution in [3.8, 4) is 5.75 Å². The fourth-order valence-corrected chi connectivity index (χ4v) is 5.17. The van der Waals surface area contributed by atoms with Crippen LogP contribution in [0.5, 0.6) is 5.75 Å². The highest BCUT2D eigenvalue weighted by molar-refractivity contribution is 5.97. The fraction of sp³-hybridized carbons (Fsp3) is 0.462. The number of hydrogen-bond donors (Lipinski definition) is 3. The Bertz CT molecular complexity index is 1310. The molecule has 1 aromatic carbocycles. The van der Waals surface area contributed by atoms with Crippen molar-refractivity contribution in [1.82, 2.24) is 19.8 Å². The highest BCUT2D eigenvalue weighted by atomic mass is 19.4. The SMILES string of the molecule is CCNc1cc(Nc2ccc(C(=O)N3CCC(N4CCOCC4)C3)cc2OC)nc2[nH]cc(C(F)(F)F)c12. The quantitative estimate of drug-likeness (QED) is 0.418. The van der Waals surface area contributed by atoms with Crippen LogP contribution in [0.3, 0.4) is 0 Å². The number of likely N-dealkylation sites (tertiary alicyclic amines) is 1. The van der Waals surface area contributed by atoms with E-state index in [9.17, 15) is 18.0 Å². The number of carbonyl (C=O) groups excluding carboxylic acids is 1. The number of rotatable bonds is 7. The minimum Gasteiger partial charge on any atom is -0.495 e. The summed E-state index contributed by atoms with van der Waals surface area (Å²) in [5, 5.41) is 6.11. The number of pyridine rings is 1. The lowest BCUT2D eigenvalue weighted by Crippen LogP contribution is -2.45. The third-order valence-corrected chi connectivity index (χ3v) is 7.04. The Morgan fingerprint density at radius 3 is 2.71 bits per heavy atom. The molecule has 2 aromatic heterocycles. The maximum absolute atomic E-state index is 13.5. The number of morpholine rings is 1. The topological polar surface area (TPSA) is 94.8 Å². The van der Waals surface area contributed by atoms with Crippen LogP contribution >= 0.6 is 0 Å². The minimum absolute atomic E-state index is 0.0150. The first-order valence-electron chi connectivity index (χ1n) is 12.7. The molecule has 38 heavy (non-hydrogen) atoms. The molecule has 3 aromatic rings. The van der Waals surface area contributed by atoms with Gasteiger partial charge in [-0.25, -0.2) is 4.98 Å². The van der Waals surface area contributed by atoms with Crippen LogP contribution in [0.15, 0.2) is 30.5 Å². The van der Waals surface area contributed by atoms with Crippen molar-refractivity contribution in [2.24, 2.45) is 0 Å². The molecule has 0 spiro atoms. The fourth-order valence-electron chi connectivity index (χ4n) is 5.17. The van der Waals surface area contributed by atoms with Gasteiger partial charge in [-0.2, -0.15) is 13.2 Å². The van der Waals surface area contributed by atoms with Crippen molar-refractivity contribution < 1.29 is 27.4 Å². The molecule has 9 nitrogen and oxygen atoms in total. The molecule has 2 fully saturated rings. The Morgan fingerprint density at radius 2 is 2.00 bits per heavy atom. The van der Waals surface area contributed by atoms with Crippen LogP contribution in [0, 0.1) is 0 Å². The zero-order valence-corrected chi connectivity index (χ0v) is 21.3. The van der Waals surface area contributed by atoms with Gasteiger partial charge in [0.1, 0.15) is 17.2 Å². The Kier molecular flexibility index (Phi) is 7.35. The van der Waals surface area contributed by atoms with Gasteiger partial charge in [0.15, 0.2) is 0 Å². The molecule has 0 saturated carbocycles. The molecule has 2 saturated heterocycles. The molecular formula is C26H31F3N6O3. The highest BCUT2D eigenvalue weighted by Gasteiger charge is 2.35. The summed E-state index contributed by atoms with van der Waals surface area (Å²) in [6.45, 7) is 6.82. The number of nitrogens with one attached hydrogen (secondary N) is 3. The number of carbonyl (C=O) groups is 1. The van der Waals surface area contributed by atoms with E-state index in [0.29, 0.717) is 54.2 Å². The maximum Gasteiger partial charge on any atom is 0.418 e. The van der Waals surface area contributed by atoms with Gasteiger partial charge in [-0.3, -0.25) is 9.69 Å². The number of methoxy groups -OCH3 is 1. The van der Waals surface area contributed by atoms with E-state index in [1.165, 1.54) is 13.2 Å². The van der Waals surface area contributed by atoms with Crippen molar-refractivity contribution in [3.63, 3.8) is 0 Å². The van der Waals surface area contributed by atoms with Gasteiger partial charge in [0.05, 0.1) is 37.0 Å². The summed E-state index contributed by atoms with van der Waals surface area (Å²) in [4.78, 5) is 24.5. The number of halogens is 3. The Balaban J connectivity index is 1.35. The third kappa shape index (κ3) is 5.23. The Morgan fingerprint density at radius 1 is 1.21 bits per heavy atom. The van der Waals surface area contributed by atoms with Crippen LogP contribution in [0.4, 0.5) is 30.4 Å². The number of hydrogen-bond acceptors (Lipinski definition) is 7. The van der Waals surface area contributed by atoms with Gasteiger partial charge in [0.25, 0.3) is 5.91 Å². The third-order valence-electron chi connectivity index (χ3n) is 7.04. The number of H-pyrrole nitrogens is 1. The molecule has 2 aliphatic heterocycles. The lowest BCUT2D eigenvalue weighted by Gasteiger charge is -2.32. The van der Waals surface area contributed by atoms with Crippen LogP contribution in [0.25, 0.3) is 11.0 Å². The van der Waals surface area contributed by atoms with Crippen LogP contribution < -0.4 is 15.4 Å². The van der Waals surface area contributed by atoms with Crippen molar-refractivity contribution in [3.05, 3.63) is 41.6 Å². The predicted molar refractivity (Wildman–Crippen MR) is 138 cm³/mol. The van der Waals surface area contributed by atoms with Gasteiger partial charge in [-0.15, -0.1) is 0 Å². The van der Waals surface area contributed by atoms with Gasteiger partial charge >= 0.3 is 6.18 Å². The molecule has 0 bridgehead atoms. The lowest BCUT2D eigenvalue weighted by atomic mass is 10.1. The number of alkyl halides is 3. The largest absolute Gasteiger partial charge is 0.495 e. The highest BCUT2D eigenvalue weighted by Crippen LogP contribution is 2.39. The van der Waals surface area contributed by atoms with Crippen molar-refractivity contribution >= 4 is 34.1 Å². The molecule has 1 amide bonds. The smallest absolute Gasteiger partial charge is 0.418 e. The van der Waals surface area contributed by atoms with E-state index in [1.54, 1.807) is 18.2 Å². The van der Waals surface area contributed by atoms with E-state index < -0.39 is 11.7 Å². The number of aromatic amines is 1. The van der Waals surface area contributed by atoms with Crippen LogP contribution in [-0.4, -0.2) is 84.8 Å².